The van der Waals surface area contributed by atoms with Gasteiger partial charge in [0.05, 0.1) is 54.9 Å². The number of methoxy groups -OCH3 is 3. The summed E-state index contributed by atoms with van der Waals surface area (Å²) in [7, 11) is 4.69. The predicted octanol–water partition coefficient (Wildman–Crippen LogP) is 6.35. The number of rotatable bonds is 14. The molecule has 2 atom stereocenters. The number of imidazole rings is 1. The van der Waals surface area contributed by atoms with Gasteiger partial charge in [0.25, 0.3) is 0 Å². The van der Waals surface area contributed by atoms with E-state index < -0.39 is 0 Å². The Bertz CT molecular complexity index is 1770. The van der Waals surface area contributed by atoms with Gasteiger partial charge in [-0.05, 0) is 74.8 Å². The molecule has 2 fully saturated rings. The van der Waals surface area contributed by atoms with E-state index in [-0.39, 0.29) is 17.1 Å². The number of nitrogens with one attached hydrogen (secondary N) is 1. The van der Waals surface area contributed by atoms with Crippen LogP contribution in [0.3, 0.4) is 0 Å². The highest BCUT2D eigenvalue weighted by molar-refractivity contribution is 6.42. The summed E-state index contributed by atoms with van der Waals surface area (Å²) < 4.78 is 24.8. The number of carbonyl (C=O) groups excluding carboxylic acids is 1. The number of anilines is 1. The second kappa shape index (κ2) is 16.2. The fraction of sp³-hybridized carbons (Fsp3) is 0.474. The van der Waals surface area contributed by atoms with Crippen molar-refractivity contribution in [3.63, 3.8) is 0 Å². The van der Waals surface area contributed by atoms with Gasteiger partial charge in [-0.15, -0.1) is 0 Å². The fourth-order valence-electron chi connectivity index (χ4n) is 7.46. The lowest BCUT2D eigenvalue weighted by Crippen LogP contribution is -2.39. The van der Waals surface area contributed by atoms with Crippen LogP contribution >= 0.6 is 23.2 Å². The molecule has 0 spiro atoms. The second-order valence-electron chi connectivity index (χ2n) is 13.1. The molecule has 0 amide bonds. The average molecular weight is 725 g/mol. The van der Waals surface area contributed by atoms with Crippen molar-refractivity contribution in [3.05, 3.63) is 75.8 Å². The lowest BCUT2D eigenvalue weighted by molar-refractivity contribution is 0.0893. The number of ketones is 1. The molecule has 10 nitrogen and oxygen atoms in total. The minimum absolute atomic E-state index is 0.0138. The van der Waals surface area contributed by atoms with Crippen molar-refractivity contribution < 1.29 is 23.7 Å². The van der Waals surface area contributed by atoms with Crippen molar-refractivity contribution in [2.75, 3.05) is 85.3 Å². The van der Waals surface area contributed by atoms with Gasteiger partial charge in [-0.25, -0.2) is 4.98 Å². The Hall–Kier alpha value is -3.54. The Labute approximate surface area is 304 Å². The van der Waals surface area contributed by atoms with Crippen LogP contribution in [-0.2, 0) is 16.7 Å². The summed E-state index contributed by atoms with van der Waals surface area (Å²) in [6.45, 7) is 9.09. The molecule has 0 bridgehead atoms. The number of carbonyl (C=O) groups is 1. The summed E-state index contributed by atoms with van der Waals surface area (Å²) in [6.07, 6.45) is 1.92. The van der Waals surface area contributed by atoms with Crippen LogP contribution in [0, 0.1) is 5.92 Å². The molecule has 2 saturated heterocycles. The summed E-state index contributed by atoms with van der Waals surface area (Å²) in [5.74, 6) is 1.86. The summed E-state index contributed by atoms with van der Waals surface area (Å²) in [5, 5.41) is 4.71. The van der Waals surface area contributed by atoms with E-state index >= 15 is 0 Å². The molecule has 1 N–H and O–H groups in total. The number of fused-ring (bicyclic) bond motifs is 1. The molecule has 4 aromatic rings. The summed E-state index contributed by atoms with van der Waals surface area (Å²) in [5.41, 5.74) is 3.60. The minimum atomic E-state index is -0.358. The SMILES string of the molecule is CCOCCn1c(N2CCN(CCC3(c4ccc(Cl)c(Cl)c4)CCNC3)CC(C(=O)c3cc(OC)c(OC)c(OC)c3)C2)nc2ccccc21. The van der Waals surface area contributed by atoms with Crippen molar-refractivity contribution in [1.29, 1.82) is 0 Å². The number of nitrogens with zero attached hydrogens (tertiary/aromatic N) is 4. The number of hydrogen-bond acceptors (Lipinski definition) is 9. The molecule has 3 heterocycles. The van der Waals surface area contributed by atoms with Gasteiger partial charge in [-0.2, -0.15) is 0 Å². The summed E-state index contributed by atoms with van der Waals surface area (Å²) in [6, 6.07) is 17.7. The third kappa shape index (κ3) is 7.55. The maximum Gasteiger partial charge on any atom is 0.206 e. The van der Waals surface area contributed by atoms with E-state index in [0.717, 1.165) is 62.5 Å². The molecule has 3 aromatic carbocycles. The van der Waals surface area contributed by atoms with Gasteiger partial charge in [0, 0.05) is 56.9 Å². The fourth-order valence-corrected chi connectivity index (χ4v) is 7.76. The molecule has 2 aliphatic heterocycles. The van der Waals surface area contributed by atoms with E-state index in [2.05, 4.69) is 31.8 Å². The number of halogens is 2. The van der Waals surface area contributed by atoms with Crippen LogP contribution < -0.4 is 24.4 Å². The average Bonchev–Trinajstić information content (AvgIpc) is 3.71. The van der Waals surface area contributed by atoms with Gasteiger partial charge in [0.2, 0.25) is 11.7 Å². The van der Waals surface area contributed by atoms with Gasteiger partial charge in [-0.3, -0.25) is 4.79 Å². The Kier molecular flexibility index (Phi) is 11.8. The first-order valence-corrected chi connectivity index (χ1v) is 18.1. The Balaban J connectivity index is 1.34. The van der Waals surface area contributed by atoms with E-state index in [1.54, 1.807) is 33.5 Å². The number of benzene rings is 3. The lowest BCUT2D eigenvalue weighted by atomic mass is 9.76. The summed E-state index contributed by atoms with van der Waals surface area (Å²) in [4.78, 5) is 24.4. The molecular weight excluding hydrogens is 677 g/mol. The maximum absolute atomic E-state index is 14.6. The van der Waals surface area contributed by atoms with Crippen LogP contribution in [0.15, 0.2) is 54.6 Å². The number of Topliss-reactive ketones (excluding diaryl/α,β-unsaturated/α-hetero) is 1. The quantitative estimate of drug-likeness (QED) is 0.118. The zero-order valence-electron chi connectivity index (χ0n) is 29.3. The van der Waals surface area contributed by atoms with E-state index in [4.69, 9.17) is 47.1 Å². The van der Waals surface area contributed by atoms with Crippen molar-refractivity contribution in [3.8, 4) is 17.2 Å². The molecular formula is C38H47Cl2N5O5. The molecule has 50 heavy (non-hydrogen) atoms. The second-order valence-corrected chi connectivity index (χ2v) is 13.9. The van der Waals surface area contributed by atoms with Crippen LogP contribution in [0.1, 0.15) is 35.7 Å². The van der Waals surface area contributed by atoms with Crippen LogP contribution in [0.5, 0.6) is 17.2 Å². The van der Waals surface area contributed by atoms with E-state index in [1.807, 2.05) is 37.3 Å². The molecule has 6 rings (SSSR count). The topological polar surface area (TPSA) is 90.3 Å². The number of aromatic nitrogens is 2. The van der Waals surface area contributed by atoms with Crippen molar-refractivity contribution >= 4 is 46.0 Å². The summed E-state index contributed by atoms with van der Waals surface area (Å²) >= 11 is 12.8. The number of ether oxygens (including phenoxy) is 4. The zero-order valence-corrected chi connectivity index (χ0v) is 30.9. The first kappa shape index (κ1) is 36.3. The largest absolute Gasteiger partial charge is 0.493 e. The standard InChI is InChI=1S/C38H47Cl2N5O5/c1-5-50-19-18-45-32-9-7-6-8-31(32)42-37(45)44-17-16-43(15-13-38(12-14-41-25-38)28-10-11-29(39)30(40)22-28)23-27(24-44)35(46)26-20-33(47-2)36(49-4)34(21-26)48-3/h6-11,20-22,27,41H,5,12-19,23-25H2,1-4H3. The number of hydrogen-bond donors (Lipinski definition) is 1. The van der Waals surface area contributed by atoms with Gasteiger partial charge >= 0.3 is 0 Å². The van der Waals surface area contributed by atoms with Crippen molar-refractivity contribution in [2.24, 2.45) is 5.92 Å². The molecule has 12 heteroatoms. The van der Waals surface area contributed by atoms with Crippen LogP contribution in [0.4, 0.5) is 5.95 Å². The van der Waals surface area contributed by atoms with Crippen molar-refractivity contribution in [1.82, 2.24) is 19.8 Å². The first-order chi connectivity index (χ1) is 24.3. The van der Waals surface area contributed by atoms with Gasteiger partial charge < -0.3 is 38.6 Å². The number of para-hydroxylation sites is 2. The van der Waals surface area contributed by atoms with Crippen LogP contribution in [0.2, 0.25) is 10.0 Å². The molecule has 2 unspecified atom stereocenters. The lowest BCUT2D eigenvalue weighted by Gasteiger charge is -2.33. The molecule has 0 aliphatic carbocycles. The normalized spacial score (nSPS) is 19.9. The van der Waals surface area contributed by atoms with E-state index in [0.29, 0.717) is 65.7 Å². The van der Waals surface area contributed by atoms with E-state index in [9.17, 15) is 4.79 Å². The van der Waals surface area contributed by atoms with E-state index in [1.165, 1.54) is 5.56 Å². The maximum atomic E-state index is 14.6. The zero-order chi connectivity index (χ0) is 35.3. The highest BCUT2D eigenvalue weighted by atomic mass is 35.5. The third-order valence-corrected chi connectivity index (χ3v) is 10.9. The van der Waals surface area contributed by atoms with Gasteiger partial charge in [-0.1, -0.05) is 41.4 Å². The molecule has 1 aromatic heterocycles. The minimum Gasteiger partial charge on any atom is -0.493 e. The Morgan fingerprint density at radius 3 is 2.42 bits per heavy atom. The Morgan fingerprint density at radius 2 is 1.74 bits per heavy atom. The third-order valence-electron chi connectivity index (χ3n) is 10.2. The highest BCUT2D eigenvalue weighted by Gasteiger charge is 2.38. The smallest absolute Gasteiger partial charge is 0.206 e. The molecule has 268 valence electrons. The predicted molar refractivity (Wildman–Crippen MR) is 199 cm³/mol. The van der Waals surface area contributed by atoms with Crippen molar-refractivity contribution in [2.45, 2.75) is 31.7 Å². The Morgan fingerprint density at radius 1 is 0.960 bits per heavy atom. The van der Waals surface area contributed by atoms with Gasteiger partial charge in [0.1, 0.15) is 0 Å². The molecule has 0 radical (unpaired) electrons. The van der Waals surface area contributed by atoms with Gasteiger partial charge in [0.15, 0.2) is 17.3 Å². The highest BCUT2D eigenvalue weighted by Crippen LogP contribution is 2.40. The monoisotopic (exact) mass is 723 g/mol. The first-order valence-electron chi connectivity index (χ1n) is 17.3. The van der Waals surface area contributed by atoms with Crippen LogP contribution in [0.25, 0.3) is 11.0 Å². The molecule has 2 aliphatic rings. The molecule has 0 saturated carbocycles. The van der Waals surface area contributed by atoms with Crippen LogP contribution in [-0.4, -0.2) is 101 Å².